The van der Waals surface area contributed by atoms with Crippen LogP contribution in [-0.2, 0) is 17.0 Å². The van der Waals surface area contributed by atoms with Gasteiger partial charge in [0.05, 0.1) is 0 Å². The molecular formula is C27H38Cl2F2N2STi-2. The van der Waals surface area contributed by atoms with Crippen LogP contribution in [0, 0.1) is 42.7 Å². The normalized spacial score (nSPS) is 29.0. The summed E-state index contributed by atoms with van der Waals surface area (Å²) in [6.07, 6.45) is 8.72. The first-order valence-electron chi connectivity index (χ1n) is 12.4. The van der Waals surface area contributed by atoms with Crippen LogP contribution >= 0.6 is 30.4 Å². The van der Waals surface area contributed by atoms with E-state index in [1.165, 1.54) is 31.7 Å². The third kappa shape index (κ3) is 7.28. The summed E-state index contributed by atoms with van der Waals surface area (Å²) in [4.78, 5) is 3.44. The second kappa shape index (κ2) is 14.8. The maximum absolute atomic E-state index is 13.4. The van der Waals surface area contributed by atoms with Crippen LogP contribution in [0.5, 0.6) is 0 Å². The van der Waals surface area contributed by atoms with E-state index >= 15 is 0 Å². The van der Waals surface area contributed by atoms with Gasteiger partial charge in [-0.2, -0.15) is 0 Å². The molecule has 5 atom stereocenters. The van der Waals surface area contributed by atoms with Gasteiger partial charge in [-0.15, -0.1) is 11.8 Å². The van der Waals surface area contributed by atoms with E-state index in [0.29, 0.717) is 13.1 Å². The third-order valence-electron chi connectivity index (χ3n) is 8.08. The number of hydrogen-bond acceptors (Lipinski definition) is 1. The van der Waals surface area contributed by atoms with Gasteiger partial charge in [0, 0.05) is 10.8 Å². The zero-order valence-corrected chi connectivity index (χ0v) is 25.2. The Morgan fingerprint density at radius 2 is 1.51 bits per heavy atom. The second-order valence-electron chi connectivity index (χ2n) is 9.88. The smallest absolute Gasteiger partial charge is 0.133 e. The largest absolute Gasteiger partial charge is 0.468 e. The number of likely N-dealkylation sites (tertiary alicyclic amines) is 1. The Balaban J connectivity index is 0.000000217. The van der Waals surface area contributed by atoms with Crippen LogP contribution in [0.25, 0.3) is 5.41 Å². The molecule has 0 radical (unpaired) electrons. The average molecular weight is 579 g/mol. The summed E-state index contributed by atoms with van der Waals surface area (Å²) >= 11 is 1.70. The molecular weight excluding hydrogens is 541 g/mol. The molecule has 0 bridgehead atoms. The molecule has 2 aliphatic carbocycles. The molecule has 1 saturated carbocycles. The summed E-state index contributed by atoms with van der Waals surface area (Å²) in [6.45, 7) is 8.75. The fourth-order valence-corrected chi connectivity index (χ4v) is 7.96. The monoisotopic (exact) mass is 578 g/mol. The Morgan fingerprint density at radius 3 is 2.11 bits per heavy atom. The van der Waals surface area contributed by atoms with Crippen molar-refractivity contribution < 1.29 is 25.8 Å². The molecule has 5 unspecified atom stereocenters. The van der Waals surface area contributed by atoms with Gasteiger partial charge >= 0.3 is 35.6 Å². The number of thioether (sulfide) groups is 1. The Morgan fingerprint density at radius 1 is 0.943 bits per heavy atom. The number of halogens is 4. The van der Waals surface area contributed by atoms with E-state index in [0.717, 1.165) is 60.3 Å². The summed E-state index contributed by atoms with van der Waals surface area (Å²) in [7, 11) is 9.78. The molecule has 2 fully saturated rings. The summed E-state index contributed by atoms with van der Waals surface area (Å²) in [5.41, 5.74) is 1.57. The van der Waals surface area contributed by atoms with Crippen molar-refractivity contribution in [3.05, 3.63) is 58.7 Å². The molecule has 196 valence electrons. The summed E-state index contributed by atoms with van der Waals surface area (Å²) in [5.74, 6) is 2.03. The van der Waals surface area contributed by atoms with Crippen LogP contribution in [0.15, 0.2) is 28.7 Å². The van der Waals surface area contributed by atoms with Crippen molar-refractivity contribution in [2.24, 2.45) is 23.7 Å². The number of benzene rings is 1. The zero-order valence-electron chi connectivity index (χ0n) is 21.3. The minimum atomic E-state index is -0.719. The molecule has 0 aromatic heterocycles. The quantitative estimate of drug-likeness (QED) is 0.144. The molecule has 35 heavy (non-hydrogen) atoms. The van der Waals surface area contributed by atoms with E-state index in [-0.39, 0.29) is 18.8 Å². The predicted molar refractivity (Wildman–Crippen MR) is 145 cm³/mol. The van der Waals surface area contributed by atoms with Gasteiger partial charge in [-0.3, -0.25) is 0 Å². The minimum absolute atomic E-state index is 0. The molecule has 1 aromatic carbocycles. The maximum Gasteiger partial charge on any atom is 0.133 e. The van der Waals surface area contributed by atoms with E-state index in [9.17, 15) is 14.2 Å². The fourth-order valence-electron chi connectivity index (χ4n) is 5.96. The molecule has 8 heteroatoms. The molecule has 2 nitrogen and oxygen atoms in total. The molecule has 1 saturated heterocycles. The Hall–Kier alpha value is -0.0657. The standard InChI is InChI=1S/C14H22S.C12H13F2N2.CH3.2ClH.Ti/c1-8-9(2)13-11-6-4-5-7-12(11)15-14(13)10(8)3;13-9-5-4-6-10(14)11(9)12(15)16-7-2-1-3-8-16;;;;/h8-10,13-14H,4-7H2,1-3H3;4-6H,1-3,7-8H2;1H3;2*1H;/q;2*-1;;;+2/p-2. The van der Waals surface area contributed by atoms with Crippen LogP contribution in [0.2, 0.25) is 0 Å². The number of amidine groups is 1. The van der Waals surface area contributed by atoms with Crippen molar-refractivity contribution in [1.82, 2.24) is 4.90 Å². The van der Waals surface area contributed by atoms with Crippen molar-refractivity contribution in [3.63, 3.8) is 0 Å². The van der Waals surface area contributed by atoms with E-state index in [1.807, 2.05) is 10.5 Å². The van der Waals surface area contributed by atoms with Crippen molar-refractivity contribution in [2.75, 3.05) is 13.1 Å². The molecule has 0 amide bonds. The maximum atomic E-state index is 13.4. The van der Waals surface area contributed by atoms with Gasteiger partial charge < -0.3 is 17.7 Å². The van der Waals surface area contributed by atoms with Crippen LogP contribution in [-0.4, -0.2) is 29.1 Å². The molecule has 1 aromatic rings. The van der Waals surface area contributed by atoms with Crippen molar-refractivity contribution in [1.29, 1.82) is 0 Å². The first-order valence-corrected chi connectivity index (χ1v) is 17.6. The van der Waals surface area contributed by atoms with Crippen LogP contribution in [0.4, 0.5) is 8.78 Å². The molecule has 0 N–H and O–H groups in total. The predicted octanol–water partition coefficient (Wildman–Crippen LogP) is 9.06. The van der Waals surface area contributed by atoms with Gasteiger partial charge in [-0.25, -0.2) is 8.78 Å². The van der Waals surface area contributed by atoms with Gasteiger partial charge in [0.15, 0.2) is 0 Å². The van der Waals surface area contributed by atoms with E-state index in [1.54, 1.807) is 4.90 Å². The number of nitrogens with zero attached hydrogens (tertiary/aromatic N) is 2. The van der Waals surface area contributed by atoms with Gasteiger partial charge in [0.2, 0.25) is 0 Å². The van der Waals surface area contributed by atoms with Crippen molar-refractivity contribution in [2.45, 2.75) is 71.0 Å². The number of allylic oxidation sites excluding steroid dienone is 2. The van der Waals surface area contributed by atoms with Gasteiger partial charge in [0.1, 0.15) is 11.6 Å². The molecule has 2 heterocycles. The van der Waals surface area contributed by atoms with Gasteiger partial charge in [-0.1, -0.05) is 57.5 Å². The SMILES string of the molecule is CC1C(C)C2SC3=C(CCCC3)C2C1C.[CH3-].[Cl][Ti][Cl].[N-]=C(c1c(F)cccc1F)N1CCCCC1. The first-order chi connectivity index (χ1) is 16.3. The molecule has 5 rings (SSSR count). The summed E-state index contributed by atoms with van der Waals surface area (Å²) in [5, 5.41) is 10.8. The topological polar surface area (TPSA) is 25.5 Å². The summed E-state index contributed by atoms with van der Waals surface area (Å²) in [6, 6.07) is 3.59. The number of piperidine rings is 1. The van der Waals surface area contributed by atoms with Crippen LogP contribution < -0.4 is 0 Å². The van der Waals surface area contributed by atoms with Crippen LogP contribution in [0.1, 0.15) is 71.3 Å². The Labute approximate surface area is 232 Å². The second-order valence-corrected chi connectivity index (χ2v) is 13.7. The number of hydrogen-bond donors (Lipinski definition) is 0. The zero-order chi connectivity index (χ0) is 24.8. The number of rotatable bonds is 1. The minimum Gasteiger partial charge on any atom is -0.468 e. The van der Waals surface area contributed by atoms with Gasteiger partial charge in [0.25, 0.3) is 0 Å². The van der Waals surface area contributed by atoms with E-state index in [2.05, 4.69) is 32.5 Å². The molecule has 0 spiro atoms. The molecule has 2 aliphatic heterocycles. The van der Waals surface area contributed by atoms with Crippen LogP contribution in [0.3, 0.4) is 0 Å². The first kappa shape index (κ1) is 31.2. The van der Waals surface area contributed by atoms with Crippen molar-refractivity contribution in [3.8, 4) is 0 Å². The molecule has 4 aliphatic rings. The van der Waals surface area contributed by atoms with Gasteiger partial charge in [-0.05, 0) is 79.5 Å². The third-order valence-corrected chi connectivity index (χ3v) is 9.82. The number of fused-ring (bicyclic) bond motifs is 2. The van der Waals surface area contributed by atoms with E-state index < -0.39 is 28.7 Å². The van der Waals surface area contributed by atoms with E-state index in [4.69, 9.17) is 18.6 Å². The summed E-state index contributed by atoms with van der Waals surface area (Å²) < 4.78 is 26.8. The average Bonchev–Trinajstić information content (AvgIpc) is 3.32. The van der Waals surface area contributed by atoms with Crippen molar-refractivity contribution >= 4 is 36.2 Å². The fraction of sp³-hybridized carbons (Fsp3) is 0.630. The Kier molecular flexibility index (Phi) is 13.1. The Bertz CT molecular complexity index is 858.